The fourth-order valence-electron chi connectivity index (χ4n) is 3.31. The van der Waals surface area contributed by atoms with Crippen LogP contribution < -0.4 is 14.8 Å². The third-order valence-electron chi connectivity index (χ3n) is 5.08. The highest BCUT2D eigenvalue weighted by Crippen LogP contribution is 2.26. The van der Waals surface area contributed by atoms with Gasteiger partial charge in [0.05, 0.1) is 9.92 Å². The molecule has 190 valence electrons. The molecule has 37 heavy (non-hydrogen) atoms. The van der Waals surface area contributed by atoms with Gasteiger partial charge >= 0.3 is 0 Å². The first-order valence-electron chi connectivity index (χ1n) is 10.8. The standard InChI is InChI=1S/C25H21ClN4O5S2/c1-17-5-4-6-20(15-17)29-37(34,35)23-16-18(8-13-22(23)26)25(31)28-19-9-11-21(12-10-19)36(32,33)30-24-7-2-3-14-27-24/h2-16,29H,1H3,(H,27,30)(H,28,31). The fraction of sp³-hybridized carbons (Fsp3) is 0.0400. The maximum absolute atomic E-state index is 12.9. The van der Waals surface area contributed by atoms with E-state index in [-0.39, 0.29) is 26.2 Å². The Morgan fingerprint density at radius 3 is 2.22 bits per heavy atom. The van der Waals surface area contributed by atoms with Crippen molar-refractivity contribution in [3.05, 3.63) is 107 Å². The molecule has 1 aromatic heterocycles. The number of anilines is 3. The van der Waals surface area contributed by atoms with Crippen LogP contribution in [0.1, 0.15) is 15.9 Å². The summed E-state index contributed by atoms with van der Waals surface area (Å²) in [5, 5.41) is 2.57. The summed E-state index contributed by atoms with van der Waals surface area (Å²) in [7, 11) is -7.96. The molecule has 0 aliphatic rings. The molecule has 9 nitrogen and oxygen atoms in total. The molecule has 0 bridgehead atoms. The summed E-state index contributed by atoms with van der Waals surface area (Å²) >= 11 is 6.14. The Bertz CT molecular complexity index is 1660. The second-order valence-corrected chi connectivity index (χ2v) is 11.7. The van der Waals surface area contributed by atoms with E-state index < -0.39 is 26.0 Å². The van der Waals surface area contributed by atoms with Crippen LogP contribution in [0, 0.1) is 6.92 Å². The van der Waals surface area contributed by atoms with E-state index >= 15 is 0 Å². The first-order valence-corrected chi connectivity index (χ1v) is 14.1. The zero-order valence-electron chi connectivity index (χ0n) is 19.3. The molecule has 12 heteroatoms. The number of hydrogen-bond acceptors (Lipinski definition) is 6. The lowest BCUT2D eigenvalue weighted by Gasteiger charge is -2.12. The zero-order valence-corrected chi connectivity index (χ0v) is 21.7. The van der Waals surface area contributed by atoms with Crippen LogP contribution >= 0.6 is 11.6 Å². The third kappa shape index (κ3) is 6.45. The maximum Gasteiger partial charge on any atom is 0.263 e. The van der Waals surface area contributed by atoms with Gasteiger partial charge in [0.15, 0.2) is 0 Å². The molecule has 4 aromatic rings. The highest BCUT2D eigenvalue weighted by molar-refractivity contribution is 7.93. The van der Waals surface area contributed by atoms with Crippen LogP contribution in [0.15, 0.2) is 101 Å². The molecule has 0 spiro atoms. The fourth-order valence-corrected chi connectivity index (χ4v) is 5.89. The van der Waals surface area contributed by atoms with E-state index in [2.05, 4.69) is 19.7 Å². The minimum absolute atomic E-state index is 0.0294. The van der Waals surface area contributed by atoms with Gasteiger partial charge in [-0.05, 0) is 79.2 Å². The number of nitrogens with zero attached hydrogens (tertiary/aromatic N) is 1. The van der Waals surface area contributed by atoms with Gasteiger partial charge in [0.25, 0.3) is 26.0 Å². The van der Waals surface area contributed by atoms with Crippen LogP contribution in [0.4, 0.5) is 17.2 Å². The molecular weight excluding hydrogens is 536 g/mol. The van der Waals surface area contributed by atoms with Gasteiger partial charge in [-0.25, -0.2) is 21.8 Å². The van der Waals surface area contributed by atoms with Crippen molar-refractivity contribution in [2.24, 2.45) is 0 Å². The molecule has 0 aliphatic carbocycles. The quantitative estimate of drug-likeness (QED) is 0.283. The Balaban J connectivity index is 1.50. The molecule has 3 N–H and O–H groups in total. The molecule has 0 atom stereocenters. The lowest BCUT2D eigenvalue weighted by Crippen LogP contribution is -2.17. The van der Waals surface area contributed by atoms with E-state index in [9.17, 15) is 21.6 Å². The predicted molar refractivity (Wildman–Crippen MR) is 143 cm³/mol. The van der Waals surface area contributed by atoms with Crippen LogP contribution in [0.3, 0.4) is 0 Å². The van der Waals surface area contributed by atoms with Crippen LogP contribution in [0.25, 0.3) is 0 Å². The number of sulfonamides is 2. The summed E-state index contributed by atoms with van der Waals surface area (Å²) in [5.41, 5.74) is 1.57. The van der Waals surface area contributed by atoms with Crippen molar-refractivity contribution in [2.75, 3.05) is 14.8 Å². The first kappa shape index (κ1) is 26.1. The van der Waals surface area contributed by atoms with E-state index in [1.54, 1.807) is 30.3 Å². The van der Waals surface area contributed by atoms with Crippen molar-refractivity contribution in [3.63, 3.8) is 0 Å². The van der Waals surface area contributed by atoms with Crippen LogP contribution in [-0.4, -0.2) is 27.7 Å². The van der Waals surface area contributed by atoms with E-state index in [1.807, 2.05) is 13.0 Å². The molecule has 0 aliphatic heterocycles. The molecule has 0 saturated carbocycles. The maximum atomic E-state index is 12.9. The molecule has 1 amide bonds. The van der Waals surface area contributed by atoms with Crippen LogP contribution in [0.2, 0.25) is 5.02 Å². The van der Waals surface area contributed by atoms with Crippen molar-refractivity contribution in [1.82, 2.24) is 4.98 Å². The molecule has 0 saturated heterocycles. The predicted octanol–water partition coefficient (Wildman–Crippen LogP) is 4.90. The average molecular weight is 557 g/mol. The second-order valence-electron chi connectivity index (χ2n) is 7.92. The monoisotopic (exact) mass is 556 g/mol. The number of aromatic nitrogens is 1. The number of rotatable bonds is 8. The van der Waals surface area contributed by atoms with Crippen molar-refractivity contribution in [1.29, 1.82) is 0 Å². The SMILES string of the molecule is Cc1cccc(NS(=O)(=O)c2cc(C(=O)Nc3ccc(S(=O)(=O)Nc4ccccn4)cc3)ccc2Cl)c1. The first-order chi connectivity index (χ1) is 17.5. The van der Waals surface area contributed by atoms with Crippen molar-refractivity contribution >= 4 is 54.7 Å². The van der Waals surface area contributed by atoms with Crippen molar-refractivity contribution in [2.45, 2.75) is 16.7 Å². The molecular formula is C25H21ClN4O5S2. The Morgan fingerprint density at radius 1 is 0.784 bits per heavy atom. The van der Waals surface area contributed by atoms with E-state index in [4.69, 9.17) is 11.6 Å². The van der Waals surface area contributed by atoms with Gasteiger partial charge in [-0.15, -0.1) is 0 Å². The van der Waals surface area contributed by atoms with Gasteiger partial charge in [0, 0.05) is 23.1 Å². The normalized spacial score (nSPS) is 11.5. The van der Waals surface area contributed by atoms with Gasteiger partial charge in [0.2, 0.25) is 0 Å². The summed E-state index contributed by atoms with van der Waals surface area (Å²) in [6.07, 6.45) is 1.46. The summed E-state index contributed by atoms with van der Waals surface area (Å²) in [4.78, 5) is 16.5. The highest BCUT2D eigenvalue weighted by Gasteiger charge is 2.21. The number of aryl methyl sites for hydroxylation is 1. The highest BCUT2D eigenvalue weighted by atomic mass is 35.5. The van der Waals surface area contributed by atoms with Gasteiger partial charge in [0.1, 0.15) is 10.7 Å². The van der Waals surface area contributed by atoms with Crippen LogP contribution in [-0.2, 0) is 20.0 Å². The largest absolute Gasteiger partial charge is 0.322 e. The third-order valence-corrected chi connectivity index (χ3v) is 8.31. The number of carbonyl (C=O) groups excluding carboxylic acids is 1. The Hall–Kier alpha value is -3.93. The number of amides is 1. The smallest absolute Gasteiger partial charge is 0.263 e. The number of hydrogen-bond donors (Lipinski definition) is 3. The summed E-state index contributed by atoms with van der Waals surface area (Å²) in [6.45, 7) is 1.83. The summed E-state index contributed by atoms with van der Waals surface area (Å²) < 4.78 is 55.8. The van der Waals surface area contributed by atoms with Gasteiger partial charge < -0.3 is 5.32 Å². The molecule has 4 rings (SSSR count). The summed E-state index contributed by atoms with van der Waals surface area (Å²) in [5.74, 6) is -0.434. The topological polar surface area (TPSA) is 134 Å². The molecule has 1 heterocycles. The molecule has 0 unspecified atom stereocenters. The molecule has 0 fully saturated rings. The van der Waals surface area contributed by atoms with E-state index in [1.165, 1.54) is 54.7 Å². The van der Waals surface area contributed by atoms with Crippen LogP contribution in [0.5, 0.6) is 0 Å². The Kier molecular flexibility index (Phi) is 7.48. The lowest BCUT2D eigenvalue weighted by molar-refractivity contribution is 0.102. The van der Waals surface area contributed by atoms with Crippen molar-refractivity contribution in [3.8, 4) is 0 Å². The number of halogens is 1. The minimum atomic E-state index is -4.08. The average Bonchev–Trinajstić information content (AvgIpc) is 2.84. The number of nitrogens with one attached hydrogen (secondary N) is 3. The van der Waals surface area contributed by atoms with E-state index in [0.29, 0.717) is 11.4 Å². The molecule has 3 aromatic carbocycles. The minimum Gasteiger partial charge on any atom is -0.322 e. The number of benzene rings is 3. The Morgan fingerprint density at radius 2 is 1.54 bits per heavy atom. The van der Waals surface area contributed by atoms with Gasteiger partial charge in [-0.3, -0.25) is 14.2 Å². The van der Waals surface area contributed by atoms with Gasteiger partial charge in [-0.1, -0.05) is 29.8 Å². The van der Waals surface area contributed by atoms with Gasteiger partial charge in [-0.2, -0.15) is 0 Å². The molecule has 0 radical (unpaired) electrons. The lowest BCUT2D eigenvalue weighted by atomic mass is 10.2. The number of carbonyl (C=O) groups is 1. The zero-order chi connectivity index (χ0) is 26.6. The van der Waals surface area contributed by atoms with E-state index in [0.717, 1.165) is 5.56 Å². The Labute approximate surface area is 219 Å². The second kappa shape index (κ2) is 10.6. The number of pyridine rings is 1. The van der Waals surface area contributed by atoms with Crippen molar-refractivity contribution < 1.29 is 21.6 Å². The summed E-state index contributed by atoms with van der Waals surface area (Å²) in [6, 6.07) is 21.0.